The van der Waals surface area contributed by atoms with Gasteiger partial charge in [0, 0.05) is 5.56 Å². The summed E-state index contributed by atoms with van der Waals surface area (Å²) in [5, 5.41) is 14.4. The average molecular weight is 406 g/mol. The van der Waals surface area contributed by atoms with Gasteiger partial charge in [0.25, 0.3) is 0 Å². The number of Topliss-reactive ketones (excluding diaryl/α,β-unsaturated/α-hetero) is 1. The summed E-state index contributed by atoms with van der Waals surface area (Å²) in [5.41, 5.74) is -2.47. The standard InChI is InChI=1S/C21H21F3N2O3/c1-12(2)13-8-10-14(11-9-13)17-16(18(27)15-6-4-3-5-7-15)20(29,21(22,23)24)26-19(28)25-17/h3-12,16-17,29H,1-2H3,(H2,25,26,28)/t16-,17+,20+/m0/s1. The Balaban J connectivity index is 2.13. The zero-order valence-corrected chi connectivity index (χ0v) is 15.8. The van der Waals surface area contributed by atoms with Crippen LogP contribution >= 0.6 is 0 Å². The van der Waals surface area contributed by atoms with Crippen LogP contribution in [-0.4, -0.2) is 28.8 Å². The van der Waals surface area contributed by atoms with Crippen molar-refractivity contribution < 1.29 is 27.9 Å². The van der Waals surface area contributed by atoms with Crippen LogP contribution in [-0.2, 0) is 0 Å². The lowest BCUT2D eigenvalue weighted by atomic mass is 9.77. The third-order valence-electron chi connectivity index (χ3n) is 5.11. The van der Waals surface area contributed by atoms with Crippen LogP contribution in [0, 0.1) is 5.92 Å². The van der Waals surface area contributed by atoms with E-state index in [4.69, 9.17) is 0 Å². The lowest BCUT2D eigenvalue weighted by Crippen LogP contribution is -2.72. The topological polar surface area (TPSA) is 78.4 Å². The number of alkyl halides is 3. The van der Waals surface area contributed by atoms with Gasteiger partial charge >= 0.3 is 12.2 Å². The molecule has 0 spiro atoms. The van der Waals surface area contributed by atoms with Crippen LogP contribution in [0.15, 0.2) is 54.6 Å². The summed E-state index contributed by atoms with van der Waals surface area (Å²) in [4.78, 5) is 25.1. The number of aliphatic hydroxyl groups is 1. The van der Waals surface area contributed by atoms with Gasteiger partial charge in [-0.15, -0.1) is 0 Å². The van der Waals surface area contributed by atoms with Gasteiger partial charge in [-0.05, 0) is 17.0 Å². The molecule has 0 radical (unpaired) electrons. The summed E-state index contributed by atoms with van der Waals surface area (Å²) in [5.74, 6) is -2.76. The van der Waals surface area contributed by atoms with E-state index in [2.05, 4.69) is 5.32 Å². The van der Waals surface area contributed by atoms with Crippen molar-refractivity contribution in [3.63, 3.8) is 0 Å². The number of carbonyl (C=O) groups excluding carboxylic acids is 2. The number of ketones is 1. The number of hydrogen-bond donors (Lipinski definition) is 3. The molecular formula is C21H21F3N2O3. The molecule has 1 fully saturated rings. The lowest BCUT2D eigenvalue weighted by Gasteiger charge is -2.45. The van der Waals surface area contributed by atoms with Gasteiger partial charge in [-0.25, -0.2) is 4.79 Å². The first-order chi connectivity index (χ1) is 13.5. The van der Waals surface area contributed by atoms with Gasteiger partial charge in [0.2, 0.25) is 5.72 Å². The number of halogens is 3. The van der Waals surface area contributed by atoms with Crippen molar-refractivity contribution in [3.05, 3.63) is 71.3 Å². The Morgan fingerprint density at radius 2 is 1.66 bits per heavy atom. The molecule has 3 rings (SSSR count). The monoisotopic (exact) mass is 406 g/mol. The molecule has 29 heavy (non-hydrogen) atoms. The fourth-order valence-corrected chi connectivity index (χ4v) is 3.49. The number of carbonyl (C=O) groups is 2. The molecule has 1 saturated heterocycles. The molecule has 154 valence electrons. The molecule has 3 atom stereocenters. The van der Waals surface area contributed by atoms with Gasteiger partial charge in [-0.2, -0.15) is 13.2 Å². The van der Waals surface area contributed by atoms with Crippen molar-refractivity contribution in [2.45, 2.75) is 37.7 Å². The minimum absolute atomic E-state index is 0.00178. The van der Waals surface area contributed by atoms with E-state index in [0.717, 1.165) is 5.56 Å². The van der Waals surface area contributed by atoms with Crippen molar-refractivity contribution in [2.24, 2.45) is 5.92 Å². The summed E-state index contributed by atoms with van der Waals surface area (Å²) in [6.07, 6.45) is -5.27. The van der Waals surface area contributed by atoms with Gasteiger partial charge in [-0.3, -0.25) is 4.79 Å². The Morgan fingerprint density at radius 1 is 1.07 bits per heavy atom. The molecule has 1 aliphatic heterocycles. The molecule has 2 amide bonds. The third kappa shape index (κ3) is 3.85. The molecule has 1 heterocycles. The first-order valence-corrected chi connectivity index (χ1v) is 9.11. The smallest absolute Gasteiger partial charge is 0.363 e. The number of urea groups is 1. The molecule has 0 aromatic heterocycles. The van der Waals surface area contributed by atoms with E-state index in [9.17, 15) is 27.9 Å². The Kier molecular flexibility index (Phi) is 5.40. The first-order valence-electron chi connectivity index (χ1n) is 9.11. The molecule has 2 aromatic carbocycles. The molecule has 5 nitrogen and oxygen atoms in total. The summed E-state index contributed by atoms with van der Waals surface area (Å²) in [6.45, 7) is 3.93. The van der Waals surface area contributed by atoms with Gasteiger partial charge in [0.05, 0.1) is 6.04 Å². The Bertz CT molecular complexity index is 898. The number of amides is 2. The number of rotatable bonds is 4. The number of benzene rings is 2. The predicted octanol–water partition coefficient (Wildman–Crippen LogP) is 3.91. The van der Waals surface area contributed by atoms with Crippen LogP contribution in [0.1, 0.15) is 47.3 Å². The minimum atomic E-state index is -5.27. The quantitative estimate of drug-likeness (QED) is 0.674. The van der Waals surface area contributed by atoms with Crippen LogP contribution in [0.2, 0.25) is 0 Å². The maximum atomic E-state index is 13.8. The molecule has 0 unspecified atom stereocenters. The van der Waals surface area contributed by atoms with Gasteiger partial charge in [0.1, 0.15) is 5.92 Å². The summed E-state index contributed by atoms with van der Waals surface area (Å²) >= 11 is 0. The second-order valence-corrected chi connectivity index (χ2v) is 7.37. The molecule has 0 aliphatic carbocycles. The fraction of sp³-hybridized carbons (Fsp3) is 0.333. The Labute approximate surface area is 165 Å². The van der Waals surface area contributed by atoms with Crippen molar-refractivity contribution in [1.82, 2.24) is 10.6 Å². The highest BCUT2D eigenvalue weighted by atomic mass is 19.4. The zero-order chi connectivity index (χ0) is 21.4. The van der Waals surface area contributed by atoms with E-state index >= 15 is 0 Å². The highest BCUT2D eigenvalue weighted by molar-refractivity contribution is 6.00. The SMILES string of the molecule is CC(C)c1ccc([C@H]2NC(=O)N[C@](O)(C(F)(F)F)[C@@H]2C(=O)c2ccccc2)cc1. The number of nitrogens with one attached hydrogen (secondary N) is 2. The van der Waals surface area contributed by atoms with E-state index in [1.165, 1.54) is 29.6 Å². The Morgan fingerprint density at radius 3 is 2.17 bits per heavy atom. The predicted molar refractivity (Wildman–Crippen MR) is 100 cm³/mol. The molecule has 2 aromatic rings. The second kappa shape index (κ2) is 7.51. The van der Waals surface area contributed by atoms with Crippen LogP contribution in [0.4, 0.5) is 18.0 Å². The highest BCUT2D eigenvalue weighted by Crippen LogP contribution is 2.44. The van der Waals surface area contributed by atoms with Crippen molar-refractivity contribution in [1.29, 1.82) is 0 Å². The van der Waals surface area contributed by atoms with Crippen molar-refractivity contribution in [3.8, 4) is 0 Å². The normalized spacial score (nSPS) is 24.7. The summed E-state index contributed by atoms with van der Waals surface area (Å²) in [6, 6.07) is 11.4. The van der Waals surface area contributed by atoms with E-state index in [0.29, 0.717) is 5.56 Å². The molecule has 0 bridgehead atoms. The summed E-state index contributed by atoms with van der Waals surface area (Å²) < 4.78 is 41.5. The maximum absolute atomic E-state index is 13.8. The second-order valence-electron chi connectivity index (χ2n) is 7.37. The van der Waals surface area contributed by atoms with Gasteiger partial charge in [0.15, 0.2) is 5.78 Å². The first kappa shape index (κ1) is 20.9. The fourth-order valence-electron chi connectivity index (χ4n) is 3.49. The van der Waals surface area contributed by atoms with Crippen LogP contribution < -0.4 is 10.6 Å². The van der Waals surface area contributed by atoms with E-state index < -0.39 is 35.7 Å². The van der Waals surface area contributed by atoms with Crippen LogP contribution in [0.5, 0.6) is 0 Å². The van der Waals surface area contributed by atoms with Crippen LogP contribution in [0.25, 0.3) is 0 Å². The van der Waals surface area contributed by atoms with Gasteiger partial charge in [-0.1, -0.05) is 68.4 Å². The molecular weight excluding hydrogens is 385 g/mol. The number of hydrogen-bond acceptors (Lipinski definition) is 3. The lowest BCUT2D eigenvalue weighted by molar-refractivity contribution is -0.287. The Hall–Kier alpha value is -2.87. The minimum Gasteiger partial charge on any atom is -0.363 e. The third-order valence-corrected chi connectivity index (χ3v) is 5.11. The molecule has 3 N–H and O–H groups in total. The molecule has 1 aliphatic rings. The maximum Gasteiger partial charge on any atom is 0.437 e. The van der Waals surface area contributed by atoms with Crippen molar-refractivity contribution in [2.75, 3.05) is 0 Å². The highest BCUT2D eigenvalue weighted by Gasteiger charge is 2.66. The summed E-state index contributed by atoms with van der Waals surface area (Å²) in [7, 11) is 0. The zero-order valence-electron chi connectivity index (χ0n) is 15.8. The largest absolute Gasteiger partial charge is 0.437 e. The molecule has 8 heteroatoms. The van der Waals surface area contributed by atoms with E-state index in [-0.39, 0.29) is 11.5 Å². The van der Waals surface area contributed by atoms with E-state index in [1.807, 2.05) is 13.8 Å². The average Bonchev–Trinajstić information content (AvgIpc) is 2.67. The van der Waals surface area contributed by atoms with Crippen LogP contribution in [0.3, 0.4) is 0 Å². The van der Waals surface area contributed by atoms with Gasteiger partial charge < -0.3 is 15.7 Å². The van der Waals surface area contributed by atoms with Crippen molar-refractivity contribution >= 4 is 11.8 Å². The molecule has 0 saturated carbocycles. The van der Waals surface area contributed by atoms with E-state index in [1.54, 1.807) is 30.3 Å².